The summed E-state index contributed by atoms with van der Waals surface area (Å²) in [6.07, 6.45) is 10.3. The van der Waals surface area contributed by atoms with Gasteiger partial charge in [-0.05, 0) is 69.1 Å². The molecule has 0 saturated carbocycles. The summed E-state index contributed by atoms with van der Waals surface area (Å²) in [6.45, 7) is 3.12. The zero-order chi connectivity index (χ0) is 26.4. The second kappa shape index (κ2) is 11.6. The van der Waals surface area contributed by atoms with Crippen LogP contribution < -0.4 is 5.69 Å². The Bertz CT molecular complexity index is 1330. The number of esters is 1. The second-order valence-corrected chi connectivity index (χ2v) is 9.42. The predicted octanol–water partition coefficient (Wildman–Crippen LogP) is 4.75. The maximum atomic E-state index is 13.9. The maximum absolute atomic E-state index is 13.9. The number of piperidine rings is 1. The van der Waals surface area contributed by atoms with E-state index in [0.717, 1.165) is 57.5 Å². The van der Waals surface area contributed by atoms with E-state index >= 15 is 0 Å². The largest absolute Gasteiger partial charge is 0.464 e. The van der Waals surface area contributed by atoms with Crippen LogP contribution in [0.25, 0.3) is 11.3 Å². The number of carbonyl (C=O) groups is 1. The molecule has 0 spiro atoms. The van der Waals surface area contributed by atoms with Crippen molar-refractivity contribution < 1.29 is 18.3 Å². The molecule has 0 bridgehead atoms. The summed E-state index contributed by atoms with van der Waals surface area (Å²) in [5.41, 5.74) is 0.836. The van der Waals surface area contributed by atoms with Gasteiger partial charge in [0, 0.05) is 12.1 Å². The van der Waals surface area contributed by atoms with Crippen LogP contribution in [0.1, 0.15) is 48.2 Å². The number of halogens is 2. The lowest BCUT2D eigenvalue weighted by Crippen LogP contribution is -2.42. The number of hydrogen-bond acceptors (Lipinski definition) is 4. The Morgan fingerprint density at radius 2 is 1.76 bits per heavy atom. The van der Waals surface area contributed by atoms with Crippen molar-refractivity contribution in [3.63, 3.8) is 0 Å². The lowest BCUT2D eigenvalue weighted by atomic mass is 9.73. The highest BCUT2D eigenvalue weighted by Gasteiger charge is 2.34. The van der Waals surface area contributed by atoms with Crippen molar-refractivity contribution in [1.29, 1.82) is 0 Å². The molecule has 3 aromatic rings. The summed E-state index contributed by atoms with van der Waals surface area (Å²) in [4.78, 5) is 29.8. The molecule has 194 valence electrons. The summed E-state index contributed by atoms with van der Waals surface area (Å²) in [7, 11) is 1.20. The number of H-pyrrole nitrogens is 1. The summed E-state index contributed by atoms with van der Waals surface area (Å²) in [6, 6.07) is 13.6. The summed E-state index contributed by atoms with van der Waals surface area (Å²) in [5.74, 6) is 0.239. The Balaban J connectivity index is 1.35. The molecule has 1 N–H and O–H groups in total. The molecule has 1 fully saturated rings. The average molecular weight is 508 g/mol. The molecule has 2 heterocycles. The van der Waals surface area contributed by atoms with Crippen LogP contribution in [0, 0.1) is 24.0 Å². The van der Waals surface area contributed by atoms with E-state index in [9.17, 15) is 18.4 Å². The monoisotopic (exact) mass is 507 g/mol. The highest BCUT2D eigenvalue weighted by molar-refractivity contribution is 5.94. The number of likely N-dealkylation sites (tertiary alicyclic amines) is 1. The van der Waals surface area contributed by atoms with Crippen molar-refractivity contribution in [3.8, 4) is 23.6 Å². The number of carbonyl (C=O) groups excluding carboxylic acids is 1. The topological polar surface area (TPSA) is 67.3 Å². The first-order valence-corrected chi connectivity index (χ1v) is 12.5. The van der Waals surface area contributed by atoms with Gasteiger partial charge in [0.2, 0.25) is 0 Å². The van der Waals surface area contributed by atoms with Crippen molar-refractivity contribution in [2.24, 2.45) is 0 Å². The minimum atomic E-state index is -1.06. The van der Waals surface area contributed by atoms with Gasteiger partial charge in [0.05, 0.1) is 18.2 Å². The van der Waals surface area contributed by atoms with E-state index in [2.05, 4.69) is 27.9 Å². The molecule has 4 rings (SSSR count). The lowest BCUT2D eigenvalue weighted by Gasteiger charge is -2.39. The molecule has 6 nitrogen and oxygen atoms in total. The number of methoxy groups -OCH3 is 1. The Hall–Kier alpha value is -3.70. The van der Waals surface area contributed by atoms with Crippen LogP contribution >= 0.6 is 0 Å². The first-order valence-electron chi connectivity index (χ1n) is 12.5. The zero-order valence-corrected chi connectivity index (χ0v) is 20.9. The SMILES string of the molecule is C#CC1(c2ccccc2)CCN(CCCCCn2c(-c3ccc(F)c(F)c3)c(C(=O)OC)[nH]c2=O)CC1. The third-order valence-electron chi connectivity index (χ3n) is 7.23. The number of nitrogens with zero attached hydrogens (tertiary/aromatic N) is 2. The van der Waals surface area contributed by atoms with Crippen LogP contribution in [0.3, 0.4) is 0 Å². The summed E-state index contributed by atoms with van der Waals surface area (Å²) < 4.78 is 33.6. The third kappa shape index (κ3) is 5.67. The van der Waals surface area contributed by atoms with Crippen LogP contribution in [-0.2, 0) is 16.7 Å². The minimum absolute atomic E-state index is 0.0813. The number of benzene rings is 2. The Labute approximate surface area is 215 Å². The number of nitrogens with one attached hydrogen (secondary N) is 1. The molecule has 0 atom stereocenters. The molecule has 2 aromatic carbocycles. The molecule has 1 aliphatic heterocycles. The normalized spacial score (nSPS) is 15.3. The molecular weight excluding hydrogens is 476 g/mol. The average Bonchev–Trinajstić information content (AvgIpc) is 3.26. The predicted molar refractivity (Wildman–Crippen MR) is 138 cm³/mol. The Morgan fingerprint density at radius 3 is 2.41 bits per heavy atom. The van der Waals surface area contributed by atoms with Gasteiger partial charge < -0.3 is 9.64 Å². The highest BCUT2D eigenvalue weighted by atomic mass is 19.2. The summed E-state index contributed by atoms with van der Waals surface area (Å²) >= 11 is 0. The zero-order valence-electron chi connectivity index (χ0n) is 20.9. The third-order valence-corrected chi connectivity index (χ3v) is 7.23. The van der Waals surface area contributed by atoms with Gasteiger partial charge in [0.15, 0.2) is 17.3 Å². The molecule has 1 aliphatic rings. The first-order chi connectivity index (χ1) is 17.9. The number of terminal acetylenes is 1. The number of aromatic amines is 1. The number of aromatic nitrogens is 2. The first kappa shape index (κ1) is 26.4. The second-order valence-electron chi connectivity index (χ2n) is 9.42. The van der Waals surface area contributed by atoms with E-state index in [1.165, 1.54) is 23.3 Å². The standard InChI is InChI=1S/C29H31F2N3O3/c1-3-29(22-10-6-4-7-11-22)14-18-33(19-15-29)16-8-5-9-17-34-26(21-12-13-23(30)24(31)20-21)25(27(35)37-2)32-28(34)36/h1,4,6-7,10-13,20H,5,8-9,14-19H2,2H3,(H,32,36). The van der Waals surface area contributed by atoms with Gasteiger partial charge in [-0.3, -0.25) is 9.55 Å². The quantitative estimate of drug-likeness (QED) is 0.258. The van der Waals surface area contributed by atoms with Crippen molar-refractivity contribution in [2.45, 2.75) is 44.1 Å². The molecule has 0 unspecified atom stereocenters. The minimum Gasteiger partial charge on any atom is -0.464 e. The number of hydrogen-bond donors (Lipinski definition) is 1. The molecule has 1 aromatic heterocycles. The van der Waals surface area contributed by atoms with E-state index < -0.39 is 23.3 Å². The fourth-order valence-corrected chi connectivity index (χ4v) is 5.09. The van der Waals surface area contributed by atoms with Gasteiger partial charge in [0.1, 0.15) is 0 Å². The highest BCUT2D eigenvalue weighted by Crippen LogP contribution is 2.35. The Morgan fingerprint density at radius 1 is 1.05 bits per heavy atom. The van der Waals surface area contributed by atoms with Crippen LogP contribution in [0.4, 0.5) is 8.78 Å². The molecule has 0 radical (unpaired) electrons. The van der Waals surface area contributed by atoms with Crippen molar-refractivity contribution in [1.82, 2.24) is 14.5 Å². The lowest BCUT2D eigenvalue weighted by molar-refractivity contribution is 0.0595. The van der Waals surface area contributed by atoms with E-state index in [-0.39, 0.29) is 22.4 Å². The smallest absolute Gasteiger partial charge is 0.356 e. The van der Waals surface area contributed by atoms with Gasteiger partial charge in [0.25, 0.3) is 0 Å². The number of rotatable bonds is 9. The molecule has 8 heteroatoms. The molecule has 0 aliphatic carbocycles. The number of imidazole rings is 1. The molecule has 1 saturated heterocycles. The fourth-order valence-electron chi connectivity index (χ4n) is 5.09. The Kier molecular flexibility index (Phi) is 8.24. The van der Waals surface area contributed by atoms with Crippen LogP contribution in [0.5, 0.6) is 0 Å². The van der Waals surface area contributed by atoms with Crippen LogP contribution in [0.15, 0.2) is 53.3 Å². The van der Waals surface area contributed by atoms with Gasteiger partial charge in [-0.15, -0.1) is 6.42 Å². The fraction of sp³-hybridized carbons (Fsp3) is 0.379. The van der Waals surface area contributed by atoms with Crippen LogP contribution in [-0.4, -0.2) is 47.2 Å². The van der Waals surface area contributed by atoms with Crippen molar-refractivity contribution in [3.05, 3.63) is 81.9 Å². The van der Waals surface area contributed by atoms with E-state index in [4.69, 9.17) is 11.2 Å². The molecular formula is C29H31F2N3O3. The number of ether oxygens (including phenoxy) is 1. The molecule has 37 heavy (non-hydrogen) atoms. The van der Waals surface area contributed by atoms with Gasteiger partial charge >= 0.3 is 11.7 Å². The van der Waals surface area contributed by atoms with Gasteiger partial charge in [-0.25, -0.2) is 18.4 Å². The van der Waals surface area contributed by atoms with E-state index in [1.54, 1.807) is 0 Å². The van der Waals surface area contributed by atoms with Crippen molar-refractivity contribution >= 4 is 5.97 Å². The molecule has 0 amide bonds. The van der Waals surface area contributed by atoms with Gasteiger partial charge in [-0.2, -0.15) is 0 Å². The van der Waals surface area contributed by atoms with Crippen LogP contribution in [0.2, 0.25) is 0 Å². The number of unbranched alkanes of at least 4 members (excludes halogenated alkanes) is 2. The van der Waals surface area contributed by atoms with E-state index in [0.29, 0.717) is 13.0 Å². The maximum Gasteiger partial charge on any atom is 0.356 e. The van der Waals surface area contributed by atoms with Crippen molar-refractivity contribution in [2.75, 3.05) is 26.7 Å². The van der Waals surface area contributed by atoms with E-state index in [1.807, 2.05) is 18.2 Å². The van der Waals surface area contributed by atoms with Gasteiger partial charge in [-0.1, -0.05) is 42.7 Å². The summed E-state index contributed by atoms with van der Waals surface area (Å²) in [5, 5.41) is 0.